The zero-order chi connectivity index (χ0) is 16.6. The topological polar surface area (TPSA) is 72.4 Å². The number of aromatic nitrogens is 2. The maximum atomic E-state index is 12.8. The van der Waals surface area contributed by atoms with Gasteiger partial charge in [-0.15, -0.1) is 0 Å². The molecule has 0 spiro atoms. The van der Waals surface area contributed by atoms with Gasteiger partial charge >= 0.3 is 0 Å². The molecule has 1 saturated heterocycles. The standard InChI is InChI=1S/C17H19N3O3S/c21-24(22,15-4-2-8-19-10-15)20-11-13-5-6-17(16(13)12-20)23-14-3-1-7-18-9-14/h1-4,7-10,13,16-17H,5-6,11-12H2/t13-,16+,17+/m1/s1. The van der Waals surface area contributed by atoms with E-state index in [4.69, 9.17) is 4.74 Å². The molecule has 2 aromatic rings. The summed E-state index contributed by atoms with van der Waals surface area (Å²) in [5.74, 6) is 1.34. The lowest BCUT2D eigenvalue weighted by molar-refractivity contribution is 0.154. The summed E-state index contributed by atoms with van der Waals surface area (Å²) < 4.78 is 33.2. The Labute approximate surface area is 141 Å². The second-order valence-electron chi connectivity index (χ2n) is 6.36. The second-order valence-corrected chi connectivity index (χ2v) is 8.29. The first-order valence-electron chi connectivity index (χ1n) is 8.11. The Kier molecular flexibility index (Phi) is 3.97. The number of hydrogen-bond donors (Lipinski definition) is 0. The first-order valence-corrected chi connectivity index (χ1v) is 9.55. The van der Waals surface area contributed by atoms with Gasteiger partial charge in [-0.3, -0.25) is 9.97 Å². The lowest BCUT2D eigenvalue weighted by Gasteiger charge is -2.21. The Morgan fingerprint density at radius 3 is 2.54 bits per heavy atom. The van der Waals surface area contributed by atoms with E-state index < -0.39 is 10.0 Å². The van der Waals surface area contributed by atoms with E-state index in [1.54, 1.807) is 35.0 Å². The highest BCUT2D eigenvalue weighted by molar-refractivity contribution is 7.89. The molecule has 3 atom stereocenters. The fourth-order valence-electron chi connectivity index (χ4n) is 3.76. The summed E-state index contributed by atoms with van der Waals surface area (Å²) in [4.78, 5) is 8.25. The van der Waals surface area contributed by atoms with Crippen LogP contribution in [0, 0.1) is 11.8 Å². The van der Waals surface area contributed by atoms with Gasteiger partial charge in [0.05, 0.1) is 6.20 Å². The Morgan fingerprint density at radius 1 is 1.04 bits per heavy atom. The first kappa shape index (κ1) is 15.5. The Balaban J connectivity index is 1.50. The molecule has 0 bridgehead atoms. The van der Waals surface area contributed by atoms with Crippen LogP contribution in [0.1, 0.15) is 12.8 Å². The summed E-state index contributed by atoms with van der Waals surface area (Å²) in [6.45, 7) is 1.07. The van der Waals surface area contributed by atoms with Crippen molar-refractivity contribution in [2.75, 3.05) is 13.1 Å². The zero-order valence-corrected chi connectivity index (χ0v) is 14.0. The van der Waals surface area contributed by atoms with Gasteiger partial charge in [0.2, 0.25) is 10.0 Å². The average molecular weight is 345 g/mol. The van der Waals surface area contributed by atoms with Crippen molar-refractivity contribution in [2.24, 2.45) is 11.8 Å². The number of pyridine rings is 2. The summed E-state index contributed by atoms with van der Waals surface area (Å²) in [5, 5.41) is 0. The van der Waals surface area contributed by atoms with E-state index in [0.29, 0.717) is 19.0 Å². The predicted molar refractivity (Wildman–Crippen MR) is 87.9 cm³/mol. The predicted octanol–water partition coefficient (Wildman–Crippen LogP) is 1.95. The number of nitrogens with zero attached hydrogens (tertiary/aromatic N) is 3. The van der Waals surface area contributed by atoms with Crippen molar-refractivity contribution in [1.29, 1.82) is 0 Å². The molecular formula is C17H19N3O3S. The summed E-state index contributed by atoms with van der Waals surface area (Å²) in [7, 11) is -3.47. The Bertz CT molecular complexity index is 798. The Hall–Kier alpha value is -1.99. The molecule has 4 rings (SSSR count). The third-order valence-electron chi connectivity index (χ3n) is 4.95. The molecular weight excluding hydrogens is 326 g/mol. The molecule has 6 nitrogen and oxygen atoms in total. The molecule has 0 aromatic carbocycles. The molecule has 2 aromatic heterocycles. The number of hydrogen-bond acceptors (Lipinski definition) is 5. The monoisotopic (exact) mass is 345 g/mol. The number of sulfonamides is 1. The van der Waals surface area contributed by atoms with E-state index in [-0.39, 0.29) is 16.9 Å². The summed E-state index contributed by atoms with van der Waals surface area (Å²) in [6, 6.07) is 6.98. The van der Waals surface area contributed by atoms with Crippen molar-refractivity contribution in [3.63, 3.8) is 0 Å². The molecule has 0 unspecified atom stereocenters. The summed E-state index contributed by atoms with van der Waals surface area (Å²) >= 11 is 0. The minimum Gasteiger partial charge on any atom is -0.488 e. The normalized spacial score (nSPS) is 27.1. The van der Waals surface area contributed by atoms with E-state index in [0.717, 1.165) is 18.6 Å². The van der Waals surface area contributed by atoms with Crippen molar-refractivity contribution in [2.45, 2.75) is 23.8 Å². The van der Waals surface area contributed by atoms with E-state index in [1.807, 2.05) is 12.1 Å². The SMILES string of the molecule is O=S(=O)(c1cccnc1)N1C[C@H]2CC[C@H](Oc3cccnc3)[C@H]2C1. The van der Waals surface area contributed by atoms with Gasteiger partial charge in [0, 0.05) is 37.6 Å². The van der Waals surface area contributed by atoms with Crippen LogP contribution in [0.25, 0.3) is 0 Å². The van der Waals surface area contributed by atoms with Crippen LogP contribution in [0.15, 0.2) is 53.9 Å². The van der Waals surface area contributed by atoms with Crippen LogP contribution in [0.2, 0.25) is 0 Å². The maximum Gasteiger partial charge on any atom is 0.244 e. The van der Waals surface area contributed by atoms with Gasteiger partial charge < -0.3 is 4.74 Å². The second kappa shape index (κ2) is 6.14. The maximum absolute atomic E-state index is 12.8. The highest BCUT2D eigenvalue weighted by atomic mass is 32.2. The third kappa shape index (κ3) is 2.78. The zero-order valence-electron chi connectivity index (χ0n) is 13.2. The quantitative estimate of drug-likeness (QED) is 0.847. The van der Waals surface area contributed by atoms with Gasteiger partial charge in [-0.25, -0.2) is 8.42 Å². The molecule has 0 amide bonds. The van der Waals surface area contributed by atoms with Crippen LogP contribution < -0.4 is 4.74 Å². The summed E-state index contributed by atoms with van der Waals surface area (Å²) in [5.41, 5.74) is 0. The largest absolute Gasteiger partial charge is 0.488 e. The van der Waals surface area contributed by atoms with Crippen LogP contribution >= 0.6 is 0 Å². The van der Waals surface area contributed by atoms with Crippen LogP contribution in [0.5, 0.6) is 5.75 Å². The molecule has 7 heteroatoms. The molecule has 1 aliphatic carbocycles. The van der Waals surface area contributed by atoms with Gasteiger partial charge in [-0.05, 0) is 43.0 Å². The fourth-order valence-corrected chi connectivity index (χ4v) is 5.26. The number of fused-ring (bicyclic) bond motifs is 1. The lowest BCUT2D eigenvalue weighted by Crippen LogP contribution is -2.32. The van der Waals surface area contributed by atoms with Crippen LogP contribution in [0.3, 0.4) is 0 Å². The van der Waals surface area contributed by atoms with Crippen LogP contribution in [-0.4, -0.2) is 41.9 Å². The van der Waals surface area contributed by atoms with Gasteiger partial charge in [0.15, 0.2) is 0 Å². The molecule has 2 aliphatic rings. The minimum absolute atomic E-state index is 0.0494. The van der Waals surface area contributed by atoms with E-state index in [1.165, 1.54) is 6.20 Å². The molecule has 2 fully saturated rings. The molecule has 1 saturated carbocycles. The third-order valence-corrected chi connectivity index (χ3v) is 6.77. The number of ether oxygens (including phenoxy) is 1. The van der Waals surface area contributed by atoms with Gasteiger partial charge in [0.25, 0.3) is 0 Å². The Morgan fingerprint density at radius 2 is 1.83 bits per heavy atom. The number of rotatable bonds is 4. The molecule has 3 heterocycles. The van der Waals surface area contributed by atoms with E-state index in [2.05, 4.69) is 9.97 Å². The van der Waals surface area contributed by atoms with Crippen molar-refractivity contribution >= 4 is 10.0 Å². The smallest absolute Gasteiger partial charge is 0.244 e. The van der Waals surface area contributed by atoms with E-state index >= 15 is 0 Å². The molecule has 1 aliphatic heterocycles. The van der Waals surface area contributed by atoms with Gasteiger partial charge in [-0.1, -0.05) is 0 Å². The minimum atomic E-state index is -3.47. The van der Waals surface area contributed by atoms with Crippen LogP contribution in [0.4, 0.5) is 0 Å². The van der Waals surface area contributed by atoms with Crippen LogP contribution in [-0.2, 0) is 10.0 Å². The average Bonchev–Trinajstić information content (AvgIpc) is 3.19. The van der Waals surface area contributed by atoms with Crippen molar-refractivity contribution in [3.05, 3.63) is 49.1 Å². The summed E-state index contributed by atoms with van der Waals surface area (Å²) in [6.07, 6.45) is 8.41. The van der Waals surface area contributed by atoms with Crippen molar-refractivity contribution in [3.8, 4) is 5.75 Å². The first-order chi connectivity index (χ1) is 11.6. The molecule has 126 valence electrons. The van der Waals surface area contributed by atoms with Gasteiger partial charge in [0.1, 0.15) is 16.7 Å². The highest BCUT2D eigenvalue weighted by Crippen LogP contribution is 2.41. The van der Waals surface area contributed by atoms with E-state index in [9.17, 15) is 8.42 Å². The van der Waals surface area contributed by atoms with Gasteiger partial charge in [-0.2, -0.15) is 4.31 Å². The van der Waals surface area contributed by atoms with Crippen molar-refractivity contribution in [1.82, 2.24) is 14.3 Å². The van der Waals surface area contributed by atoms with Crippen molar-refractivity contribution < 1.29 is 13.2 Å². The highest BCUT2D eigenvalue weighted by Gasteiger charge is 2.47. The lowest BCUT2D eigenvalue weighted by atomic mass is 9.99. The molecule has 0 N–H and O–H groups in total. The fraction of sp³-hybridized carbons (Fsp3) is 0.412. The molecule has 24 heavy (non-hydrogen) atoms. The molecule has 0 radical (unpaired) electrons.